The first-order valence-electron chi connectivity index (χ1n) is 7.02. The molecule has 106 valence electrons. The van der Waals surface area contributed by atoms with E-state index in [9.17, 15) is 10.1 Å². The molecular formula is C19H14N2O. The first-order valence-corrected chi connectivity index (χ1v) is 7.02. The molecule has 3 heteroatoms. The van der Waals surface area contributed by atoms with Crippen LogP contribution in [-0.2, 0) is 4.79 Å². The minimum atomic E-state index is -0.589. The second kappa shape index (κ2) is 6.11. The molecule has 3 nitrogen and oxygen atoms in total. The molecule has 3 rings (SSSR count). The molecule has 0 saturated carbocycles. The van der Waals surface area contributed by atoms with E-state index in [1.807, 2.05) is 60.7 Å². The first kappa shape index (κ1) is 13.8. The quantitative estimate of drug-likeness (QED) is 0.789. The number of fused-ring (bicyclic) bond motifs is 1. The Morgan fingerprint density at radius 1 is 1.09 bits per heavy atom. The van der Waals surface area contributed by atoms with Crippen molar-refractivity contribution in [2.75, 3.05) is 0 Å². The van der Waals surface area contributed by atoms with E-state index >= 15 is 0 Å². The SMILES string of the molecule is N#C[C@H]1c2ccccc2C=CN1C(=O)/C=C/c1ccccc1. The highest BCUT2D eigenvalue weighted by atomic mass is 16.2. The zero-order valence-corrected chi connectivity index (χ0v) is 11.9. The number of carbonyl (C=O) groups excluding carboxylic acids is 1. The minimum absolute atomic E-state index is 0.207. The summed E-state index contributed by atoms with van der Waals surface area (Å²) >= 11 is 0. The largest absolute Gasteiger partial charge is 0.295 e. The van der Waals surface area contributed by atoms with Crippen molar-refractivity contribution >= 4 is 18.1 Å². The van der Waals surface area contributed by atoms with Gasteiger partial charge in [-0.05, 0) is 28.8 Å². The first-order chi connectivity index (χ1) is 10.8. The number of benzene rings is 2. The van der Waals surface area contributed by atoms with Crippen LogP contribution in [-0.4, -0.2) is 10.8 Å². The lowest BCUT2D eigenvalue weighted by Crippen LogP contribution is -2.30. The summed E-state index contributed by atoms with van der Waals surface area (Å²) in [5, 5.41) is 9.44. The summed E-state index contributed by atoms with van der Waals surface area (Å²) in [7, 11) is 0. The monoisotopic (exact) mass is 286 g/mol. The molecule has 2 aromatic rings. The fourth-order valence-electron chi connectivity index (χ4n) is 2.46. The second-order valence-electron chi connectivity index (χ2n) is 4.97. The highest BCUT2D eigenvalue weighted by Gasteiger charge is 2.26. The van der Waals surface area contributed by atoms with Gasteiger partial charge in [-0.3, -0.25) is 9.69 Å². The van der Waals surface area contributed by atoms with Gasteiger partial charge in [-0.25, -0.2) is 0 Å². The number of amides is 1. The number of carbonyl (C=O) groups is 1. The van der Waals surface area contributed by atoms with Gasteiger partial charge in [0.1, 0.15) is 6.04 Å². The molecule has 0 spiro atoms. The molecule has 1 atom stereocenters. The number of rotatable bonds is 2. The highest BCUT2D eigenvalue weighted by Crippen LogP contribution is 2.29. The van der Waals surface area contributed by atoms with Crippen LogP contribution in [0.5, 0.6) is 0 Å². The summed E-state index contributed by atoms with van der Waals surface area (Å²) in [6.45, 7) is 0. The predicted octanol–water partition coefficient (Wildman–Crippen LogP) is 3.78. The van der Waals surface area contributed by atoms with Crippen molar-refractivity contribution in [3.63, 3.8) is 0 Å². The molecule has 0 aromatic heterocycles. The van der Waals surface area contributed by atoms with Crippen LogP contribution < -0.4 is 0 Å². The van der Waals surface area contributed by atoms with Crippen LogP contribution in [0.2, 0.25) is 0 Å². The van der Waals surface area contributed by atoms with E-state index in [0.717, 1.165) is 16.7 Å². The molecule has 0 aliphatic carbocycles. The summed E-state index contributed by atoms with van der Waals surface area (Å²) in [6, 6.07) is 18.9. The molecule has 1 aliphatic rings. The van der Waals surface area contributed by atoms with Crippen molar-refractivity contribution in [3.05, 3.63) is 83.6 Å². The maximum Gasteiger partial charge on any atom is 0.251 e. The van der Waals surface area contributed by atoms with E-state index in [1.165, 1.54) is 11.0 Å². The number of nitriles is 1. The summed E-state index contributed by atoms with van der Waals surface area (Å²) in [6.07, 6.45) is 6.79. The fourth-order valence-corrected chi connectivity index (χ4v) is 2.46. The Morgan fingerprint density at radius 3 is 2.59 bits per heavy atom. The van der Waals surface area contributed by atoms with Gasteiger partial charge in [-0.1, -0.05) is 54.6 Å². The van der Waals surface area contributed by atoms with Crippen molar-refractivity contribution in [3.8, 4) is 6.07 Å². The van der Waals surface area contributed by atoms with Crippen LogP contribution in [0.4, 0.5) is 0 Å². The average molecular weight is 286 g/mol. The van der Waals surface area contributed by atoms with E-state index in [2.05, 4.69) is 6.07 Å². The third kappa shape index (κ3) is 2.68. The number of nitrogens with zero attached hydrogens (tertiary/aromatic N) is 2. The lowest BCUT2D eigenvalue weighted by molar-refractivity contribution is -0.124. The zero-order valence-electron chi connectivity index (χ0n) is 11.9. The molecule has 0 bridgehead atoms. The third-order valence-corrected chi connectivity index (χ3v) is 3.58. The molecule has 0 N–H and O–H groups in total. The van der Waals surface area contributed by atoms with Crippen LogP contribution in [0.1, 0.15) is 22.7 Å². The lowest BCUT2D eigenvalue weighted by Gasteiger charge is -2.27. The van der Waals surface area contributed by atoms with Gasteiger partial charge in [0.05, 0.1) is 6.07 Å². The molecule has 0 saturated heterocycles. The van der Waals surface area contributed by atoms with Crippen molar-refractivity contribution in [2.45, 2.75) is 6.04 Å². The van der Waals surface area contributed by atoms with Crippen molar-refractivity contribution in [2.24, 2.45) is 0 Å². The molecule has 0 unspecified atom stereocenters. The van der Waals surface area contributed by atoms with Crippen LogP contribution >= 0.6 is 0 Å². The minimum Gasteiger partial charge on any atom is -0.295 e. The maximum absolute atomic E-state index is 12.4. The molecule has 1 amide bonds. The van der Waals surface area contributed by atoms with E-state index in [-0.39, 0.29) is 5.91 Å². The van der Waals surface area contributed by atoms with Gasteiger partial charge < -0.3 is 0 Å². The fraction of sp³-hybridized carbons (Fsp3) is 0.0526. The average Bonchev–Trinajstić information content (AvgIpc) is 2.59. The molecule has 22 heavy (non-hydrogen) atoms. The van der Waals surface area contributed by atoms with Gasteiger partial charge in [0.2, 0.25) is 0 Å². The molecular weight excluding hydrogens is 272 g/mol. The second-order valence-corrected chi connectivity index (χ2v) is 4.97. The van der Waals surface area contributed by atoms with E-state index in [1.54, 1.807) is 12.3 Å². The van der Waals surface area contributed by atoms with Crippen LogP contribution in [0.25, 0.3) is 12.2 Å². The van der Waals surface area contributed by atoms with Gasteiger partial charge >= 0.3 is 0 Å². The smallest absolute Gasteiger partial charge is 0.251 e. The Hall–Kier alpha value is -3.12. The standard InChI is InChI=1S/C19H14N2O/c20-14-18-17-9-5-4-8-16(17)12-13-21(18)19(22)11-10-15-6-2-1-3-7-15/h1-13,18H/b11-10+/t18-/m0/s1. The van der Waals surface area contributed by atoms with Gasteiger partial charge in [0, 0.05) is 12.3 Å². The maximum atomic E-state index is 12.4. The van der Waals surface area contributed by atoms with E-state index < -0.39 is 6.04 Å². The Bertz CT molecular complexity index is 785. The van der Waals surface area contributed by atoms with Gasteiger partial charge in [-0.15, -0.1) is 0 Å². The molecule has 1 aliphatic heterocycles. The normalized spacial score (nSPS) is 16.3. The van der Waals surface area contributed by atoms with Gasteiger partial charge in [0.25, 0.3) is 5.91 Å². The molecule has 1 heterocycles. The topological polar surface area (TPSA) is 44.1 Å². The Balaban J connectivity index is 1.85. The van der Waals surface area contributed by atoms with Crippen molar-refractivity contribution < 1.29 is 4.79 Å². The summed E-state index contributed by atoms with van der Waals surface area (Å²) < 4.78 is 0. The van der Waals surface area contributed by atoms with E-state index in [4.69, 9.17) is 0 Å². The number of hydrogen-bond donors (Lipinski definition) is 0. The zero-order chi connectivity index (χ0) is 15.4. The summed E-state index contributed by atoms with van der Waals surface area (Å²) in [5.74, 6) is -0.207. The molecule has 0 radical (unpaired) electrons. The van der Waals surface area contributed by atoms with E-state index in [0.29, 0.717) is 0 Å². The highest BCUT2D eigenvalue weighted by molar-refractivity contribution is 5.94. The lowest BCUT2D eigenvalue weighted by atomic mass is 9.97. The van der Waals surface area contributed by atoms with Crippen molar-refractivity contribution in [1.29, 1.82) is 5.26 Å². The van der Waals surface area contributed by atoms with Crippen LogP contribution in [0.15, 0.2) is 66.9 Å². The molecule has 2 aromatic carbocycles. The summed E-state index contributed by atoms with van der Waals surface area (Å²) in [4.78, 5) is 13.8. The van der Waals surface area contributed by atoms with Gasteiger partial charge in [-0.2, -0.15) is 5.26 Å². The van der Waals surface area contributed by atoms with Crippen LogP contribution in [0.3, 0.4) is 0 Å². The Morgan fingerprint density at radius 2 is 1.82 bits per heavy atom. The van der Waals surface area contributed by atoms with Crippen LogP contribution in [0, 0.1) is 11.3 Å². The summed E-state index contributed by atoms with van der Waals surface area (Å²) in [5.41, 5.74) is 2.78. The third-order valence-electron chi connectivity index (χ3n) is 3.58. The Labute approximate surface area is 129 Å². The Kier molecular flexibility index (Phi) is 3.84. The van der Waals surface area contributed by atoms with Gasteiger partial charge in [0.15, 0.2) is 0 Å². The predicted molar refractivity (Wildman–Crippen MR) is 86.2 cm³/mol. The number of hydrogen-bond acceptors (Lipinski definition) is 2. The molecule has 0 fully saturated rings. The van der Waals surface area contributed by atoms with Crippen molar-refractivity contribution in [1.82, 2.24) is 4.90 Å².